The van der Waals surface area contributed by atoms with Crippen molar-refractivity contribution in [2.24, 2.45) is 0 Å². The van der Waals surface area contributed by atoms with Crippen LogP contribution < -0.4 is 0 Å². The van der Waals surface area contributed by atoms with E-state index in [0.29, 0.717) is 19.8 Å². The zero-order chi connectivity index (χ0) is 9.97. The molecule has 0 N–H and O–H groups in total. The molecule has 2 radical (unpaired) electrons. The average molecular weight is 213 g/mol. The van der Waals surface area contributed by atoms with Crippen LogP contribution in [0.2, 0.25) is 12.6 Å². The molecule has 4 nitrogen and oxygen atoms in total. The van der Waals surface area contributed by atoms with E-state index in [1.54, 1.807) is 4.90 Å². The predicted molar refractivity (Wildman–Crippen MR) is 52.6 cm³/mol. The molecule has 78 valence electrons. The molecule has 2 aliphatic rings. The lowest BCUT2D eigenvalue weighted by atomic mass is 10.1. The zero-order valence-corrected chi connectivity index (χ0v) is 9.36. The highest BCUT2D eigenvalue weighted by atomic mass is 28.2. The number of ether oxygens (including phenoxy) is 2. The first-order valence-corrected chi connectivity index (χ1v) is 6.71. The van der Waals surface area contributed by atoms with Gasteiger partial charge in [0, 0.05) is 22.5 Å². The third-order valence-electron chi connectivity index (χ3n) is 2.70. The van der Waals surface area contributed by atoms with Gasteiger partial charge in [0.05, 0.1) is 19.3 Å². The molecule has 2 rings (SSSR count). The first-order valence-electron chi connectivity index (χ1n) is 5.01. The van der Waals surface area contributed by atoms with Crippen LogP contribution in [0.1, 0.15) is 6.42 Å². The molecule has 0 aliphatic carbocycles. The Morgan fingerprint density at radius 1 is 1.64 bits per heavy atom. The Morgan fingerprint density at radius 2 is 2.50 bits per heavy atom. The fraction of sp³-hybridized carbons (Fsp3) is 0.889. The topological polar surface area (TPSA) is 38.8 Å². The zero-order valence-electron chi connectivity index (χ0n) is 8.36. The quantitative estimate of drug-likeness (QED) is 0.636. The molecule has 1 amide bonds. The van der Waals surface area contributed by atoms with E-state index in [4.69, 9.17) is 9.47 Å². The smallest absolute Gasteiger partial charge is 0.410 e. The van der Waals surface area contributed by atoms with Gasteiger partial charge in [0.15, 0.2) is 0 Å². The minimum Gasteiger partial charge on any atom is -0.446 e. The Bertz CT molecular complexity index is 224. The first kappa shape index (κ1) is 9.98. The molecule has 2 fully saturated rings. The molecule has 0 aromatic carbocycles. The van der Waals surface area contributed by atoms with E-state index in [0.717, 1.165) is 22.0 Å². The van der Waals surface area contributed by atoms with Crippen LogP contribution in [0, 0.1) is 0 Å². The standard InChI is InChI=1S/C9H15NO3Si/c1-14-6-8-4-7-5-12-3-2-10(7)9(11)13-8/h7-8H,2-6H2,1H3. The molecule has 2 atom stereocenters. The van der Waals surface area contributed by atoms with Gasteiger partial charge in [0.2, 0.25) is 0 Å². The highest BCUT2D eigenvalue weighted by Gasteiger charge is 2.36. The van der Waals surface area contributed by atoms with E-state index in [9.17, 15) is 4.79 Å². The summed E-state index contributed by atoms with van der Waals surface area (Å²) < 4.78 is 10.7. The van der Waals surface area contributed by atoms with Crippen molar-refractivity contribution in [2.45, 2.75) is 31.2 Å². The molecule has 0 bridgehead atoms. The minimum atomic E-state index is -0.146. The summed E-state index contributed by atoms with van der Waals surface area (Å²) in [7, 11) is 0.844. The number of fused-ring (bicyclic) bond motifs is 1. The van der Waals surface area contributed by atoms with Gasteiger partial charge in [-0.15, -0.1) is 0 Å². The number of hydrogen-bond donors (Lipinski definition) is 0. The maximum absolute atomic E-state index is 11.6. The van der Waals surface area contributed by atoms with E-state index in [-0.39, 0.29) is 18.2 Å². The highest BCUT2D eigenvalue weighted by molar-refractivity contribution is 6.33. The van der Waals surface area contributed by atoms with Gasteiger partial charge in [0.1, 0.15) is 6.10 Å². The summed E-state index contributed by atoms with van der Waals surface area (Å²) in [4.78, 5) is 13.4. The number of nitrogens with zero attached hydrogens (tertiary/aromatic N) is 1. The van der Waals surface area contributed by atoms with Crippen LogP contribution in [0.5, 0.6) is 0 Å². The summed E-state index contributed by atoms with van der Waals surface area (Å²) in [5.74, 6) is 0. The first-order chi connectivity index (χ1) is 6.81. The van der Waals surface area contributed by atoms with E-state index in [1.165, 1.54) is 0 Å². The second-order valence-corrected chi connectivity index (χ2v) is 4.84. The van der Waals surface area contributed by atoms with Crippen LogP contribution in [0.25, 0.3) is 0 Å². The Balaban J connectivity index is 1.97. The van der Waals surface area contributed by atoms with Crippen molar-refractivity contribution in [3.8, 4) is 0 Å². The van der Waals surface area contributed by atoms with Crippen molar-refractivity contribution in [3.63, 3.8) is 0 Å². The SMILES string of the molecule is C[Si]CC1CC2COCCN2C(=O)O1. The third-order valence-corrected chi connectivity index (χ3v) is 3.56. The van der Waals surface area contributed by atoms with Crippen LogP contribution in [0.3, 0.4) is 0 Å². The fourth-order valence-electron chi connectivity index (χ4n) is 2.00. The van der Waals surface area contributed by atoms with Crippen LogP contribution in [0.15, 0.2) is 0 Å². The summed E-state index contributed by atoms with van der Waals surface area (Å²) >= 11 is 0. The van der Waals surface area contributed by atoms with Crippen molar-refractivity contribution in [2.75, 3.05) is 19.8 Å². The highest BCUT2D eigenvalue weighted by Crippen LogP contribution is 2.23. The molecule has 0 saturated carbocycles. The van der Waals surface area contributed by atoms with Crippen molar-refractivity contribution in [1.82, 2.24) is 4.90 Å². The molecule has 2 unspecified atom stereocenters. The molecule has 2 aliphatic heterocycles. The Kier molecular flexibility index (Phi) is 3.07. The molecule has 0 spiro atoms. The molecule has 0 aromatic rings. The number of carbonyl (C=O) groups excluding carboxylic acids is 1. The predicted octanol–water partition coefficient (Wildman–Crippen LogP) is 0.767. The van der Waals surface area contributed by atoms with Crippen molar-refractivity contribution >= 4 is 15.6 Å². The number of cyclic esters (lactones) is 1. The van der Waals surface area contributed by atoms with E-state index in [2.05, 4.69) is 6.55 Å². The van der Waals surface area contributed by atoms with E-state index < -0.39 is 0 Å². The van der Waals surface area contributed by atoms with Gasteiger partial charge < -0.3 is 14.4 Å². The molecular weight excluding hydrogens is 198 g/mol. The number of rotatable bonds is 2. The molecule has 5 heteroatoms. The van der Waals surface area contributed by atoms with E-state index in [1.807, 2.05) is 0 Å². The monoisotopic (exact) mass is 213 g/mol. The van der Waals surface area contributed by atoms with Crippen molar-refractivity contribution in [3.05, 3.63) is 0 Å². The Morgan fingerprint density at radius 3 is 3.29 bits per heavy atom. The second-order valence-electron chi connectivity index (χ2n) is 3.72. The molecule has 2 saturated heterocycles. The minimum absolute atomic E-state index is 0.119. The number of hydrogen-bond acceptors (Lipinski definition) is 3. The molecule has 2 heterocycles. The summed E-state index contributed by atoms with van der Waals surface area (Å²) in [5, 5.41) is 0. The molecule has 14 heavy (non-hydrogen) atoms. The lowest BCUT2D eigenvalue weighted by Crippen LogP contribution is -2.54. The maximum Gasteiger partial charge on any atom is 0.410 e. The Hall–Kier alpha value is -0.553. The normalized spacial score (nSPS) is 32.4. The maximum atomic E-state index is 11.6. The van der Waals surface area contributed by atoms with Crippen LogP contribution in [-0.4, -0.2) is 52.4 Å². The van der Waals surface area contributed by atoms with Gasteiger partial charge >= 0.3 is 6.09 Å². The molecular formula is C9H15NO3Si. The summed E-state index contributed by atoms with van der Waals surface area (Å²) in [6.45, 7) is 4.15. The van der Waals surface area contributed by atoms with E-state index >= 15 is 0 Å². The second kappa shape index (κ2) is 4.31. The summed E-state index contributed by atoms with van der Waals surface area (Å²) in [6, 6.07) is 1.25. The number of morpholine rings is 1. The van der Waals surface area contributed by atoms with Gasteiger partial charge in [-0.25, -0.2) is 4.79 Å². The Labute approximate surface area is 86.4 Å². The average Bonchev–Trinajstić information content (AvgIpc) is 2.18. The van der Waals surface area contributed by atoms with Crippen LogP contribution in [-0.2, 0) is 9.47 Å². The van der Waals surface area contributed by atoms with Gasteiger partial charge in [-0.3, -0.25) is 0 Å². The number of amides is 1. The lowest BCUT2D eigenvalue weighted by molar-refractivity contribution is -0.0593. The van der Waals surface area contributed by atoms with Gasteiger partial charge in [0.25, 0.3) is 0 Å². The third kappa shape index (κ3) is 1.93. The summed E-state index contributed by atoms with van der Waals surface area (Å²) in [6.07, 6.45) is 0.911. The summed E-state index contributed by atoms with van der Waals surface area (Å²) in [5.41, 5.74) is 0. The van der Waals surface area contributed by atoms with Crippen LogP contribution >= 0.6 is 0 Å². The fourth-order valence-corrected chi connectivity index (χ4v) is 2.71. The lowest BCUT2D eigenvalue weighted by Gasteiger charge is -2.41. The largest absolute Gasteiger partial charge is 0.446 e. The van der Waals surface area contributed by atoms with Crippen molar-refractivity contribution < 1.29 is 14.3 Å². The van der Waals surface area contributed by atoms with Crippen LogP contribution in [0.4, 0.5) is 4.79 Å². The number of carbonyl (C=O) groups is 1. The van der Waals surface area contributed by atoms with Gasteiger partial charge in [-0.2, -0.15) is 0 Å². The van der Waals surface area contributed by atoms with Crippen molar-refractivity contribution in [1.29, 1.82) is 0 Å². The van der Waals surface area contributed by atoms with Gasteiger partial charge in [-0.1, -0.05) is 6.55 Å². The van der Waals surface area contributed by atoms with Gasteiger partial charge in [-0.05, 0) is 6.04 Å². The molecule has 0 aromatic heterocycles.